The highest BCUT2D eigenvalue weighted by atomic mass is 16.6. The van der Waals surface area contributed by atoms with Crippen LogP contribution in [0.1, 0.15) is 27.6 Å². The minimum Gasteiger partial charge on any atom is -0.350 e. The number of nitro benzene ring substituents is 2. The smallest absolute Gasteiger partial charge is 0.269 e. The zero-order valence-electron chi connectivity index (χ0n) is 14.2. The summed E-state index contributed by atoms with van der Waals surface area (Å²) in [6.07, 6.45) is 0. The number of non-ortho nitro benzene ring substituents is 2. The first-order chi connectivity index (χ1) is 12.8. The number of amides is 2. The van der Waals surface area contributed by atoms with Gasteiger partial charge in [-0.1, -0.05) is 0 Å². The van der Waals surface area contributed by atoms with Crippen molar-refractivity contribution < 1.29 is 19.4 Å². The zero-order chi connectivity index (χ0) is 20.0. The fourth-order valence-corrected chi connectivity index (χ4v) is 2.18. The van der Waals surface area contributed by atoms with Crippen LogP contribution in [0.15, 0.2) is 48.5 Å². The van der Waals surface area contributed by atoms with Gasteiger partial charge in [0.25, 0.3) is 23.2 Å². The van der Waals surface area contributed by atoms with E-state index in [1.807, 2.05) is 0 Å². The summed E-state index contributed by atoms with van der Waals surface area (Å²) >= 11 is 0. The Hall–Kier alpha value is -3.82. The van der Waals surface area contributed by atoms with Gasteiger partial charge >= 0.3 is 0 Å². The molecule has 2 amide bonds. The van der Waals surface area contributed by atoms with Crippen molar-refractivity contribution in [1.82, 2.24) is 10.6 Å². The van der Waals surface area contributed by atoms with E-state index in [4.69, 9.17) is 0 Å². The number of hydrogen-bond acceptors (Lipinski definition) is 6. The molecule has 0 unspecified atom stereocenters. The summed E-state index contributed by atoms with van der Waals surface area (Å²) in [5.74, 6) is -0.858. The predicted octanol–water partition coefficient (Wildman–Crippen LogP) is 2.05. The molecule has 0 saturated heterocycles. The van der Waals surface area contributed by atoms with E-state index in [2.05, 4.69) is 10.6 Å². The molecule has 0 aromatic heterocycles. The van der Waals surface area contributed by atoms with Crippen LogP contribution in [0, 0.1) is 20.2 Å². The maximum Gasteiger partial charge on any atom is 0.269 e. The number of nitrogens with zero attached hydrogens (tertiary/aromatic N) is 2. The van der Waals surface area contributed by atoms with Gasteiger partial charge in [-0.2, -0.15) is 0 Å². The number of benzene rings is 2. The van der Waals surface area contributed by atoms with Gasteiger partial charge in [0.05, 0.1) is 9.85 Å². The maximum atomic E-state index is 12.1. The molecule has 1 atom stereocenters. The average Bonchev–Trinajstić information content (AvgIpc) is 2.66. The molecule has 0 heterocycles. The van der Waals surface area contributed by atoms with E-state index in [0.717, 1.165) is 0 Å². The number of carbonyl (C=O) groups excluding carboxylic acids is 2. The molecule has 140 valence electrons. The molecule has 0 fully saturated rings. The lowest BCUT2D eigenvalue weighted by molar-refractivity contribution is -0.385. The van der Waals surface area contributed by atoms with Gasteiger partial charge in [-0.15, -0.1) is 0 Å². The Labute approximate surface area is 153 Å². The highest BCUT2D eigenvalue weighted by molar-refractivity contribution is 5.95. The third kappa shape index (κ3) is 5.33. The zero-order valence-corrected chi connectivity index (χ0v) is 14.2. The summed E-state index contributed by atoms with van der Waals surface area (Å²) < 4.78 is 0. The minimum absolute atomic E-state index is 0.115. The molecule has 27 heavy (non-hydrogen) atoms. The van der Waals surface area contributed by atoms with E-state index < -0.39 is 27.7 Å². The SMILES string of the molecule is C[C@@H](CNC(=O)c1ccc([N+](=O)[O-])cc1)NC(=O)c1ccc([N+](=O)[O-])cc1. The fraction of sp³-hybridized carbons (Fsp3) is 0.176. The molecule has 2 aromatic rings. The van der Waals surface area contributed by atoms with Crippen molar-refractivity contribution in [2.75, 3.05) is 6.54 Å². The lowest BCUT2D eigenvalue weighted by Gasteiger charge is -2.15. The lowest BCUT2D eigenvalue weighted by Crippen LogP contribution is -2.41. The molecule has 0 aliphatic rings. The fourth-order valence-electron chi connectivity index (χ4n) is 2.18. The van der Waals surface area contributed by atoms with Crippen LogP contribution in [0.4, 0.5) is 11.4 Å². The van der Waals surface area contributed by atoms with E-state index >= 15 is 0 Å². The summed E-state index contributed by atoms with van der Waals surface area (Å²) in [5.41, 5.74) is 0.286. The molecule has 0 radical (unpaired) electrons. The minimum atomic E-state index is -0.558. The molecule has 2 aromatic carbocycles. The first-order valence-electron chi connectivity index (χ1n) is 7.86. The second kappa shape index (κ2) is 8.52. The van der Waals surface area contributed by atoms with Gasteiger partial charge in [-0.3, -0.25) is 29.8 Å². The Balaban J connectivity index is 1.86. The Bertz CT molecular complexity index is 864. The molecular weight excluding hydrogens is 356 g/mol. The Morgan fingerprint density at radius 2 is 1.26 bits per heavy atom. The van der Waals surface area contributed by atoms with Crippen molar-refractivity contribution in [2.45, 2.75) is 13.0 Å². The number of nitro groups is 2. The van der Waals surface area contributed by atoms with Gasteiger partial charge in [0, 0.05) is 48.0 Å². The Kier molecular flexibility index (Phi) is 6.15. The Morgan fingerprint density at radius 1 is 0.852 bits per heavy atom. The van der Waals surface area contributed by atoms with Gasteiger partial charge in [0.2, 0.25) is 0 Å². The summed E-state index contributed by atoms with van der Waals surface area (Å²) in [6, 6.07) is 9.89. The van der Waals surface area contributed by atoms with Crippen LogP contribution in [0.5, 0.6) is 0 Å². The van der Waals surface area contributed by atoms with E-state index in [0.29, 0.717) is 0 Å². The topological polar surface area (TPSA) is 144 Å². The molecular formula is C17H16N4O6. The summed E-state index contributed by atoms with van der Waals surface area (Å²) in [7, 11) is 0. The number of carbonyl (C=O) groups is 2. The van der Waals surface area contributed by atoms with Crippen molar-refractivity contribution >= 4 is 23.2 Å². The van der Waals surface area contributed by atoms with Crippen molar-refractivity contribution in [1.29, 1.82) is 0 Å². The number of hydrogen-bond donors (Lipinski definition) is 2. The predicted molar refractivity (Wildman–Crippen MR) is 95.5 cm³/mol. The largest absolute Gasteiger partial charge is 0.350 e. The average molecular weight is 372 g/mol. The molecule has 10 heteroatoms. The van der Waals surface area contributed by atoms with Crippen molar-refractivity contribution in [3.63, 3.8) is 0 Å². The highest BCUT2D eigenvalue weighted by Crippen LogP contribution is 2.13. The number of nitrogens with one attached hydrogen (secondary N) is 2. The van der Waals surface area contributed by atoms with Crippen molar-refractivity contribution in [3.8, 4) is 0 Å². The van der Waals surface area contributed by atoms with E-state index in [1.165, 1.54) is 48.5 Å². The molecule has 0 aliphatic heterocycles. The maximum absolute atomic E-state index is 12.1. The van der Waals surface area contributed by atoms with Gasteiger partial charge in [0.15, 0.2) is 0 Å². The van der Waals surface area contributed by atoms with Gasteiger partial charge in [0.1, 0.15) is 0 Å². The van der Waals surface area contributed by atoms with Crippen LogP contribution in [0.2, 0.25) is 0 Å². The van der Waals surface area contributed by atoms with Gasteiger partial charge < -0.3 is 10.6 Å². The van der Waals surface area contributed by atoms with E-state index in [-0.39, 0.29) is 29.0 Å². The molecule has 0 aliphatic carbocycles. The summed E-state index contributed by atoms with van der Waals surface area (Å²) in [5, 5.41) is 26.5. The Morgan fingerprint density at radius 3 is 1.67 bits per heavy atom. The molecule has 2 N–H and O–H groups in total. The van der Waals surface area contributed by atoms with Crippen LogP contribution in [-0.2, 0) is 0 Å². The molecule has 0 spiro atoms. The first kappa shape index (κ1) is 19.5. The quantitative estimate of drug-likeness (QED) is 0.562. The number of rotatable bonds is 7. The molecule has 0 saturated carbocycles. The highest BCUT2D eigenvalue weighted by Gasteiger charge is 2.14. The summed E-state index contributed by atoms with van der Waals surface area (Å²) in [6.45, 7) is 1.81. The van der Waals surface area contributed by atoms with E-state index in [1.54, 1.807) is 6.92 Å². The second-order valence-corrected chi connectivity index (χ2v) is 5.69. The normalized spacial score (nSPS) is 11.3. The third-order valence-corrected chi connectivity index (χ3v) is 3.63. The van der Waals surface area contributed by atoms with Crippen LogP contribution in [0.3, 0.4) is 0 Å². The van der Waals surface area contributed by atoms with Gasteiger partial charge in [-0.25, -0.2) is 0 Å². The first-order valence-corrected chi connectivity index (χ1v) is 7.86. The van der Waals surface area contributed by atoms with Crippen LogP contribution < -0.4 is 10.6 Å². The summed E-state index contributed by atoms with van der Waals surface area (Å²) in [4.78, 5) is 44.2. The lowest BCUT2D eigenvalue weighted by atomic mass is 10.1. The van der Waals surface area contributed by atoms with Crippen molar-refractivity contribution in [2.24, 2.45) is 0 Å². The molecule has 0 bridgehead atoms. The standard InChI is InChI=1S/C17H16N4O6/c1-11(19-17(23)13-4-8-15(9-5-13)21(26)27)10-18-16(22)12-2-6-14(7-3-12)20(24)25/h2-9,11H,10H2,1H3,(H,18,22)(H,19,23)/t11-/m0/s1. The molecule has 2 rings (SSSR count). The van der Waals surface area contributed by atoms with Crippen molar-refractivity contribution in [3.05, 3.63) is 79.9 Å². The van der Waals surface area contributed by atoms with Crippen LogP contribution >= 0.6 is 0 Å². The van der Waals surface area contributed by atoms with Crippen LogP contribution in [0.25, 0.3) is 0 Å². The molecule has 10 nitrogen and oxygen atoms in total. The van der Waals surface area contributed by atoms with Gasteiger partial charge in [-0.05, 0) is 31.2 Å². The third-order valence-electron chi connectivity index (χ3n) is 3.63. The monoisotopic (exact) mass is 372 g/mol. The van der Waals surface area contributed by atoms with Crippen LogP contribution in [-0.4, -0.2) is 34.2 Å². The second-order valence-electron chi connectivity index (χ2n) is 5.69. The van der Waals surface area contributed by atoms with E-state index in [9.17, 15) is 29.8 Å².